The number of H-pyrrole nitrogens is 1. The van der Waals surface area contributed by atoms with Gasteiger partial charge in [0.25, 0.3) is 0 Å². The van der Waals surface area contributed by atoms with Crippen LogP contribution in [0.3, 0.4) is 0 Å². The van der Waals surface area contributed by atoms with Crippen molar-refractivity contribution in [1.29, 1.82) is 0 Å². The summed E-state index contributed by atoms with van der Waals surface area (Å²) < 4.78 is 13.0. The number of fused-ring (bicyclic) bond motifs is 1. The maximum Gasteiger partial charge on any atom is 0.142 e. The van der Waals surface area contributed by atoms with E-state index >= 15 is 0 Å². The Labute approximate surface area is 64.6 Å². The summed E-state index contributed by atoms with van der Waals surface area (Å²) in [5.74, 6) is -0.160. The molecule has 54 valence electrons. The Bertz CT molecular complexity index is 358. The normalized spacial score (nSPS) is 10.6. The highest BCUT2D eigenvalue weighted by atomic mass is 19.1. The average Bonchev–Trinajstić information content (AvgIpc) is 2.45. The minimum Gasteiger partial charge on any atom is -0.362 e. The van der Waals surface area contributed by atoms with Gasteiger partial charge in [-0.1, -0.05) is 11.5 Å². The maximum atomic E-state index is 13.0. The van der Waals surface area contributed by atoms with Crippen molar-refractivity contribution in [3.63, 3.8) is 0 Å². The predicted molar refractivity (Wildman–Crippen MR) is 46.4 cm³/mol. The molecule has 1 nitrogen and oxygen atoms in total. The molecule has 0 atom stereocenters. The zero-order valence-corrected chi connectivity index (χ0v) is 6.19. The molecular formula is C8H7BFN. The molecule has 0 fully saturated rings. The van der Waals surface area contributed by atoms with E-state index in [-0.39, 0.29) is 5.82 Å². The van der Waals surface area contributed by atoms with E-state index < -0.39 is 0 Å². The number of halogens is 1. The highest BCUT2D eigenvalue weighted by molar-refractivity contribution is 6.38. The Balaban J connectivity index is 2.96. The van der Waals surface area contributed by atoms with Crippen LogP contribution < -0.4 is 5.46 Å². The van der Waals surface area contributed by atoms with Gasteiger partial charge in [0.05, 0.1) is 0 Å². The van der Waals surface area contributed by atoms with Crippen LogP contribution in [-0.4, -0.2) is 12.8 Å². The van der Waals surface area contributed by atoms with E-state index in [0.29, 0.717) is 5.39 Å². The summed E-state index contributed by atoms with van der Waals surface area (Å²) in [5.41, 5.74) is 1.97. The lowest BCUT2D eigenvalue weighted by molar-refractivity contribution is 0.640. The fraction of sp³-hybridized carbons (Fsp3) is 0. The van der Waals surface area contributed by atoms with Crippen molar-refractivity contribution < 1.29 is 4.39 Å². The monoisotopic (exact) mass is 147 g/mol. The summed E-state index contributed by atoms with van der Waals surface area (Å²) in [4.78, 5) is 2.99. The Hall–Kier alpha value is -1.25. The van der Waals surface area contributed by atoms with Crippen LogP contribution in [0.2, 0.25) is 0 Å². The van der Waals surface area contributed by atoms with E-state index in [1.165, 1.54) is 6.07 Å². The first-order valence-electron chi connectivity index (χ1n) is 3.51. The first-order valence-corrected chi connectivity index (χ1v) is 3.51. The number of aromatic nitrogens is 1. The van der Waals surface area contributed by atoms with Crippen LogP contribution in [-0.2, 0) is 0 Å². The molecular weight excluding hydrogens is 140 g/mol. The predicted octanol–water partition coefficient (Wildman–Crippen LogP) is 0.565. The van der Waals surface area contributed by atoms with Gasteiger partial charge in [-0.2, -0.15) is 0 Å². The molecule has 11 heavy (non-hydrogen) atoms. The minimum atomic E-state index is -0.160. The van der Waals surface area contributed by atoms with Crippen molar-refractivity contribution in [2.75, 3.05) is 0 Å². The van der Waals surface area contributed by atoms with Crippen molar-refractivity contribution in [1.82, 2.24) is 4.98 Å². The first kappa shape index (κ1) is 6.46. The van der Waals surface area contributed by atoms with Gasteiger partial charge in [0, 0.05) is 17.1 Å². The summed E-state index contributed by atoms with van der Waals surface area (Å²) >= 11 is 0. The molecule has 0 saturated carbocycles. The molecule has 0 spiro atoms. The van der Waals surface area contributed by atoms with Gasteiger partial charge in [0.1, 0.15) is 13.7 Å². The van der Waals surface area contributed by atoms with Crippen molar-refractivity contribution in [3.05, 3.63) is 30.2 Å². The molecule has 0 unspecified atom stereocenters. The highest BCUT2D eigenvalue weighted by Gasteiger charge is 2.01. The molecule has 2 aromatic rings. The fourth-order valence-electron chi connectivity index (χ4n) is 1.27. The van der Waals surface area contributed by atoms with Crippen LogP contribution in [0.15, 0.2) is 24.4 Å². The van der Waals surface area contributed by atoms with Crippen molar-refractivity contribution in [2.24, 2.45) is 0 Å². The molecule has 3 heteroatoms. The second kappa shape index (κ2) is 2.12. The summed E-state index contributed by atoms with van der Waals surface area (Å²) in [6, 6.07) is 5.01. The number of benzene rings is 1. The van der Waals surface area contributed by atoms with E-state index in [0.717, 1.165) is 11.0 Å². The Morgan fingerprint density at radius 3 is 2.82 bits per heavy atom. The van der Waals surface area contributed by atoms with Gasteiger partial charge in [-0.15, -0.1) is 0 Å². The zero-order chi connectivity index (χ0) is 7.84. The van der Waals surface area contributed by atoms with Gasteiger partial charge in [-0.25, -0.2) is 4.39 Å². The zero-order valence-electron chi connectivity index (χ0n) is 6.19. The average molecular weight is 147 g/mol. The van der Waals surface area contributed by atoms with E-state index in [4.69, 9.17) is 0 Å². The van der Waals surface area contributed by atoms with Gasteiger partial charge < -0.3 is 4.98 Å². The minimum absolute atomic E-state index is 0.160. The lowest BCUT2D eigenvalue weighted by Crippen LogP contribution is -2.03. The number of rotatable bonds is 0. The molecule has 1 heterocycles. The number of nitrogens with one attached hydrogen (secondary N) is 1. The van der Waals surface area contributed by atoms with Crippen LogP contribution in [0.5, 0.6) is 0 Å². The van der Waals surface area contributed by atoms with E-state index in [1.54, 1.807) is 18.3 Å². The smallest absolute Gasteiger partial charge is 0.142 e. The quantitative estimate of drug-likeness (QED) is 0.524. The molecule has 1 aromatic carbocycles. The van der Waals surface area contributed by atoms with Crippen molar-refractivity contribution in [2.45, 2.75) is 0 Å². The van der Waals surface area contributed by atoms with Gasteiger partial charge in [-0.05, 0) is 12.1 Å². The fourth-order valence-corrected chi connectivity index (χ4v) is 1.27. The Morgan fingerprint density at radius 2 is 2.09 bits per heavy atom. The number of hydrogen-bond acceptors (Lipinski definition) is 0. The van der Waals surface area contributed by atoms with Gasteiger partial charge in [0.15, 0.2) is 0 Å². The molecule has 0 aliphatic carbocycles. The van der Waals surface area contributed by atoms with Crippen LogP contribution in [0.4, 0.5) is 4.39 Å². The largest absolute Gasteiger partial charge is 0.362 e. The molecule has 1 aromatic heterocycles. The lowest BCUT2D eigenvalue weighted by Gasteiger charge is -1.95. The first-order chi connectivity index (χ1) is 5.29. The number of aromatic amines is 1. The van der Waals surface area contributed by atoms with E-state index in [9.17, 15) is 4.39 Å². The van der Waals surface area contributed by atoms with Crippen LogP contribution in [0.1, 0.15) is 0 Å². The molecule has 0 aliphatic rings. The maximum absolute atomic E-state index is 13.0. The Morgan fingerprint density at radius 1 is 1.27 bits per heavy atom. The third kappa shape index (κ3) is 0.844. The lowest BCUT2D eigenvalue weighted by atomic mass is 9.94. The van der Waals surface area contributed by atoms with Gasteiger partial charge in [-0.3, -0.25) is 0 Å². The molecule has 0 radical (unpaired) electrons. The molecule has 0 aliphatic heterocycles. The highest BCUT2D eigenvalue weighted by Crippen LogP contribution is 2.12. The standard InChI is InChI=1S/C8H7BFN/c9-6-1-2-7(10)5-3-4-11-8(5)6/h1-4,11H,9H2. The molecule has 0 saturated heterocycles. The van der Waals surface area contributed by atoms with Gasteiger partial charge in [0.2, 0.25) is 0 Å². The summed E-state index contributed by atoms with van der Waals surface area (Å²) in [6.45, 7) is 0. The number of hydrogen-bond donors (Lipinski definition) is 1. The third-order valence-electron chi connectivity index (χ3n) is 1.88. The molecule has 0 bridgehead atoms. The van der Waals surface area contributed by atoms with Gasteiger partial charge >= 0.3 is 0 Å². The van der Waals surface area contributed by atoms with Crippen LogP contribution in [0, 0.1) is 5.82 Å². The molecule has 1 N–H and O–H groups in total. The van der Waals surface area contributed by atoms with Crippen molar-refractivity contribution >= 4 is 24.2 Å². The third-order valence-corrected chi connectivity index (χ3v) is 1.88. The van der Waals surface area contributed by atoms with Crippen LogP contribution in [0.25, 0.3) is 10.9 Å². The summed E-state index contributed by atoms with van der Waals surface area (Å²) in [5, 5.41) is 0.671. The SMILES string of the molecule is Bc1ccc(F)c2cc[nH]c12. The summed E-state index contributed by atoms with van der Waals surface area (Å²) in [6.07, 6.45) is 1.75. The van der Waals surface area contributed by atoms with E-state index in [2.05, 4.69) is 4.98 Å². The topological polar surface area (TPSA) is 15.8 Å². The molecule has 2 rings (SSSR count). The second-order valence-corrected chi connectivity index (χ2v) is 2.63. The summed E-state index contributed by atoms with van der Waals surface area (Å²) in [7, 11) is 1.96. The second-order valence-electron chi connectivity index (χ2n) is 2.63. The van der Waals surface area contributed by atoms with Crippen LogP contribution >= 0.6 is 0 Å². The Kier molecular flexibility index (Phi) is 1.25. The molecule has 0 amide bonds. The van der Waals surface area contributed by atoms with E-state index in [1.807, 2.05) is 7.85 Å². The van der Waals surface area contributed by atoms with Crippen molar-refractivity contribution in [3.8, 4) is 0 Å².